The Hall–Kier alpha value is -2.36. The van der Waals surface area contributed by atoms with Crippen LogP contribution in [-0.4, -0.2) is 61.7 Å². The quantitative estimate of drug-likeness (QED) is 0.431. The standard InChI is InChI=1S/C17H23N5O4S/c1-3-11(27-17-20-13-12(14(23)21-17)18-9-19-13)15(24)22-7-5-10(6-8-22)16(25)26-4-2/h9-11H,3-8H2,1-2H3,(H2,18,19,20,21,23)/t11-/m1/s1. The lowest BCUT2D eigenvalue weighted by Gasteiger charge is -2.32. The minimum absolute atomic E-state index is 0.00502. The zero-order valence-electron chi connectivity index (χ0n) is 15.4. The maximum Gasteiger partial charge on any atom is 0.309 e. The summed E-state index contributed by atoms with van der Waals surface area (Å²) < 4.78 is 5.07. The van der Waals surface area contributed by atoms with E-state index in [0.29, 0.717) is 55.3 Å². The molecular formula is C17H23N5O4S. The van der Waals surface area contributed by atoms with Crippen molar-refractivity contribution in [1.82, 2.24) is 24.8 Å². The SMILES string of the molecule is CCOC(=O)C1CCN(C(=O)[C@@H](CC)Sc2nc3nc[nH]c3c(=O)[nH]2)CC1. The molecule has 0 aromatic carbocycles. The van der Waals surface area contributed by atoms with Gasteiger partial charge in [-0.3, -0.25) is 19.4 Å². The topological polar surface area (TPSA) is 121 Å². The van der Waals surface area contributed by atoms with Gasteiger partial charge < -0.3 is 14.6 Å². The molecule has 146 valence electrons. The number of imidazole rings is 1. The number of ether oxygens (including phenoxy) is 1. The zero-order chi connectivity index (χ0) is 19.4. The second kappa shape index (κ2) is 8.55. The largest absolute Gasteiger partial charge is 0.466 e. The first-order chi connectivity index (χ1) is 13.0. The van der Waals surface area contributed by atoms with Crippen LogP contribution in [-0.2, 0) is 14.3 Å². The number of rotatable bonds is 6. The Labute approximate surface area is 160 Å². The second-order valence-electron chi connectivity index (χ2n) is 6.34. The summed E-state index contributed by atoms with van der Waals surface area (Å²) in [7, 11) is 0. The van der Waals surface area contributed by atoms with Crippen molar-refractivity contribution in [2.24, 2.45) is 5.92 Å². The van der Waals surface area contributed by atoms with Crippen LogP contribution >= 0.6 is 11.8 Å². The number of esters is 1. The van der Waals surface area contributed by atoms with E-state index in [0.717, 1.165) is 0 Å². The Morgan fingerprint density at radius 2 is 2.11 bits per heavy atom. The molecule has 1 aliphatic rings. The van der Waals surface area contributed by atoms with Gasteiger partial charge in [-0.15, -0.1) is 0 Å². The number of H-pyrrole nitrogens is 2. The molecule has 3 heterocycles. The molecular weight excluding hydrogens is 370 g/mol. The number of likely N-dealkylation sites (tertiary alicyclic amines) is 1. The number of carbonyl (C=O) groups is 2. The van der Waals surface area contributed by atoms with E-state index < -0.39 is 0 Å². The van der Waals surface area contributed by atoms with E-state index >= 15 is 0 Å². The maximum atomic E-state index is 12.9. The highest BCUT2D eigenvalue weighted by Gasteiger charge is 2.31. The predicted octanol–water partition coefficient (Wildman–Crippen LogP) is 1.32. The highest BCUT2D eigenvalue weighted by Crippen LogP contribution is 2.26. The Bertz CT molecular complexity index is 872. The van der Waals surface area contributed by atoms with Crippen molar-refractivity contribution in [1.29, 1.82) is 0 Å². The van der Waals surface area contributed by atoms with Crippen LogP contribution < -0.4 is 5.56 Å². The second-order valence-corrected chi connectivity index (χ2v) is 7.53. The van der Waals surface area contributed by atoms with Crippen molar-refractivity contribution >= 4 is 34.8 Å². The smallest absolute Gasteiger partial charge is 0.309 e. The first-order valence-corrected chi connectivity index (χ1v) is 9.96. The van der Waals surface area contributed by atoms with Gasteiger partial charge in [-0.25, -0.2) is 9.97 Å². The average Bonchev–Trinajstić information content (AvgIpc) is 3.15. The van der Waals surface area contributed by atoms with Gasteiger partial charge in [-0.2, -0.15) is 0 Å². The molecule has 0 unspecified atom stereocenters. The van der Waals surface area contributed by atoms with Gasteiger partial charge in [0, 0.05) is 13.1 Å². The van der Waals surface area contributed by atoms with Crippen LogP contribution in [0.15, 0.2) is 16.3 Å². The van der Waals surface area contributed by atoms with E-state index in [4.69, 9.17) is 4.74 Å². The van der Waals surface area contributed by atoms with Crippen molar-refractivity contribution in [2.75, 3.05) is 19.7 Å². The van der Waals surface area contributed by atoms with Crippen LogP contribution in [0.25, 0.3) is 11.2 Å². The molecule has 0 aliphatic carbocycles. The zero-order valence-corrected chi connectivity index (χ0v) is 16.2. The van der Waals surface area contributed by atoms with E-state index in [9.17, 15) is 14.4 Å². The first kappa shape index (κ1) is 19.4. The summed E-state index contributed by atoms with van der Waals surface area (Å²) >= 11 is 1.23. The number of amides is 1. The fraction of sp³-hybridized carbons (Fsp3) is 0.588. The molecule has 0 saturated carbocycles. The number of hydrogen-bond donors (Lipinski definition) is 2. The molecule has 2 N–H and O–H groups in total. The molecule has 1 saturated heterocycles. The van der Waals surface area contributed by atoms with E-state index in [1.165, 1.54) is 18.1 Å². The van der Waals surface area contributed by atoms with Crippen molar-refractivity contribution in [3.8, 4) is 0 Å². The summed E-state index contributed by atoms with van der Waals surface area (Å²) in [6, 6.07) is 0. The summed E-state index contributed by atoms with van der Waals surface area (Å²) in [4.78, 5) is 52.3. The van der Waals surface area contributed by atoms with Gasteiger partial charge >= 0.3 is 5.97 Å². The third-order valence-corrected chi connectivity index (χ3v) is 5.84. The van der Waals surface area contributed by atoms with Gasteiger partial charge in [-0.1, -0.05) is 18.7 Å². The Morgan fingerprint density at radius 1 is 1.37 bits per heavy atom. The molecule has 27 heavy (non-hydrogen) atoms. The molecule has 2 aromatic heterocycles. The van der Waals surface area contributed by atoms with Crippen LogP contribution in [0.2, 0.25) is 0 Å². The highest BCUT2D eigenvalue weighted by molar-refractivity contribution is 8.00. The fourth-order valence-electron chi connectivity index (χ4n) is 3.12. The van der Waals surface area contributed by atoms with Gasteiger partial charge in [0.05, 0.1) is 24.1 Å². The van der Waals surface area contributed by atoms with Gasteiger partial charge in [0.25, 0.3) is 5.56 Å². The fourth-order valence-corrected chi connectivity index (χ4v) is 4.10. The van der Waals surface area contributed by atoms with Crippen molar-refractivity contribution < 1.29 is 14.3 Å². The number of fused-ring (bicyclic) bond motifs is 1. The van der Waals surface area contributed by atoms with Gasteiger partial charge in [0.15, 0.2) is 16.3 Å². The summed E-state index contributed by atoms with van der Waals surface area (Å²) in [5.74, 6) is -0.323. The first-order valence-electron chi connectivity index (χ1n) is 9.09. The third kappa shape index (κ3) is 4.32. The number of piperidine rings is 1. The summed E-state index contributed by atoms with van der Waals surface area (Å²) in [6.45, 7) is 5.14. The van der Waals surface area contributed by atoms with Gasteiger partial charge in [0.2, 0.25) is 5.91 Å². The minimum atomic E-state index is -0.358. The molecule has 0 bridgehead atoms. The third-order valence-electron chi connectivity index (χ3n) is 4.60. The molecule has 1 aliphatic heterocycles. The highest BCUT2D eigenvalue weighted by atomic mass is 32.2. The average molecular weight is 393 g/mol. The lowest BCUT2D eigenvalue weighted by molar-refractivity contribution is -0.151. The van der Waals surface area contributed by atoms with Crippen LogP contribution in [0, 0.1) is 5.92 Å². The molecule has 9 nitrogen and oxygen atoms in total. The monoisotopic (exact) mass is 393 g/mol. The van der Waals surface area contributed by atoms with E-state index in [2.05, 4.69) is 19.9 Å². The number of nitrogens with zero attached hydrogens (tertiary/aromatic N) is 3. The molecule has 1 fully saturated rings. The normalized spacial score (nSPS) is 16.4. The molecule has 1 atom stereocenters. The van der Waals surface area contributed by atoms with Crippen LogP contribution in [0.4, 0.5) is 0 Å². The Morgan fingerprint density at radius 3 is 2.78 bits per heavy atom. The van der Waals surface area contributed by atoms with Gasteiger partial charge in [-0.05, 0) is 26.2 Å². The number of hydrogen-bond acceptors (Lipinski definition) is 7. The summed E-state index contributed by atoms with van der Waals surface area (Å²) in [5.41, 5.74) is 0.344. The molecule has 2 aromatic rings. The predicted molar refractivity (Wildman–Crippen MR) is 100 cm³/mol. The number of aromatic amines is 2. The van der Waals surface area contributed by atoms with E-state index in [1.807, 2.05) is 6.92 Å². The molecule has 3 rings (SSSR count). The minimum Gasteiger partial charge on any atom is -0.466 e. The summed E-state index contributed by atoms with van der Waals surface area (Å²) in [6.07, 6.45) is 3.24. The van der Waals surface area contributed by atoms with Crippen LogP contribution in [0.3, 0.4) is 0 Å². The molecule has 0 radical (unpaired) electrons. The number of thioether (sulfide) groups is 1. The number of aromatic nitrogens is 4. The van der Waals surface area contributed by atoms with Gasteiger partial charge in [0.1, 0.15) is 0 Å². The van der Waals surface area contributed by atoms with Crippen molar-refractivity contribution in [2.45, 2.75) is 43.5 Å². The summed E-state index contributed by atoms with van der Waals surface area (Å²) in [5, 5.41) is 0.0184. The van der Waals surface area contributed by atoms with E-state index in [1.54, 1.807) is 11.8 Å². The molecule has 0 spiro atoms. The van der Waals surface area contributed by atoms with Crippen molar-refractivity contribution in [3.05, 3.63) is 16.7 Å². The lowest BCUT2D eigenvalue weighted by Crippen LogP contribution is -2.44. The number of carbonyl (C=O) groups excluding carboxylic acids is 2. The Kier molecular flexibility index (Phi) is 6.15. The molecule has 10 heteroatoms. The van der Waals surface area contributed by atoms with Crippen LogP contribution in [0.5, 0.6) is 0 Å². The molecule has 1 amide bonds. The lowest BCUT2D eigenvalue weighted by atomic mass is 9.96. The van der Waals surface area contributed by atoms with Crippen molar-refractivity contribution in [3.63, 3.8) is 0 Å². The van der Waals surface area contributed by atoms with E-state index in [-0.39, 0.29) is 28.6 Å². The number of nitrogens with one attached hydrogen (secondary N) is 2. The van der Waals surface area contributed by atoms with Crippen LogP contribution in [0.1, 0.15) is 33.1 Å². The Balaban J connectivity index is 1.64. The maximum absolute atomic E-state index is 12.9.